The maximum Gasteiger partial charge on any atom is 0.146 e. The summed E-state index contributed by atoms with van der Waals surface area (Å²) in [7, 11) is 0. The molecule has 0 spiro atoms. The van der Waals surface area contributed by atoms with Crippen LogP contribution in [0.1, 0.15) is 48.3 Å². The molecule has 0 radical (unpaired) electrons. The minimum atomic E-state index is 0. The van der Waals surface area contributed by atoms with Gasteiger partial charge in [0.25, 0.3) is 0 Å². The van der Waals surface area contributed by atoms with Crippen molar-refractivity contribution in [2.75, 3.05) is 13.2 Å². The average Bonchev–Trinajstić information content (AvgIpc) is 3.07. The van der Waals surface area contributed by atoms with E-state index in [4.69, 9.17) is 14.5 Å². The summed E-state index contributed by atoms with van der Waals surface area (Å²) in [6.45, 7) is 9.28. The number of hydrogen-bond donors (Lipinski definition) is 1. The SMILES string of the molecule is Cc1nc(Cc2ccccc2)c2c(c1OCCCNC(C)C)COC2.Cl.Cl. The summed E-state index contributed by atoms with van der Waals surface area (Å²) in [5.41, 5.74) is 5.76. The Morgan fingerprint density at radius 1 is 1.11 bits per heavy atom. The Labute approximate surface area is 174 Å². The Hall–Kier alpha value is -1.33. The van der Waals surface area contributed by atoms with Crippen molar-refractivity contribution in [1.29, 1.82) is 0 Å². The molecule has 1 aliphatic rings. The predicted molar refractivity (Wildman–Crippen MR) is 114 cm³/mol. The van der Waals surface area contributed by atoms with Crippen LogP contribution >= 0.6 is 24.8 Å². The van der Waals surface area contributed by atoms with Crippen molar-refractivity contribution in [3.63, 3.8) is 0 Å². The summed E-state index contributed by atoms with van der Waals surface area (Å²) in [6, 6.07) is 11.0. The summed E-state index contributed by atoms with van der Waals surface area (Å²) < 4.78 is 11.8. The van der Waals surface area contributed by atoms with Gasteiger partial charge in [-0.25, -0.2) is 0 Å². The van der Waals surface area contributed by atoms with Crippen LogP contribution in [0.25, 0.3) is 0 Å². The number of rotatable bonds is 8. The minimum absolute atomic E-state index is 0. The van der Waals surface area contributed by atoms with Gasteiger partial charge in [0.2, 0.25) is 0 Å². The van der Waals surface area contributed by atoms with E-state index in [1.54, 1.807) is 0 Å². The lowest BCUT2D eigenvalue weighted by molar-refractivity contribution is 0.132. The van der Waals surface area contributed by atoms with Crippen molar-refractivity contribution in [2.45, 2.75) is 52.9 Å². The molecule has 0 saturated heterocycles. The van der Waals surface area contributed by atoms with Crippen LogP contribution in [0, 0.1) is 6.92 Å². The van der Waals surface area contributed by atoms with Crippen LogP contribution in [0.3, 0.4) is 0 Å². The zero-order valence-electron chi connectivity index (χ0n) is 16.3. The summed E-state index contributed by atoms with van der Waals surface area (Å²) in [4.78, 5) is 4.85. The molecule has 2 heterocycles. The molecule has 150 valence electrons. The average molecular weight is 413 g/mol. The molecule has 1 aliphatic heterocycles. The van der Waals surface area contributed by atoms with Gasteiger partial charge in [-0.2, -0.15) is 0 Å². The molecule has 1 aromatic heterocycles. The lowest BCUT2D eigenvalue weighted by Crippen LogP contribution is -2.25. The predicted octanol–water partition coefficient (Wildman–Crippen LogP) is 4.62. The van der Waals surface area contributed by atoms with Crippen molar-refractivity contribution in [3.05, 3.63) is 58.4 Å². The second-order valence-corrected chi connectivity index (χ2v) is 6.90. The Balaban J connectivity index is 0.00000182. The third-order valence-corrected chi connectivity index (χ3v) is 4.45. The van der Waals surface area contributed by atoms with Gasteiger partial charge in [-0.05, 0) is 25.5 Å². The highest BCUT2D eigenvalue weighted by molar-refractivity contribution is 5.85. The molecule has 2 aromatic rings. The lowest BCUT2D eigenvalue weighted by atomic mass is 10.0. The number of pyridine rings is 1. The summed E-state index contributed by atoms with van der Waals surface area (Å²) in [5, 5.41) is 3.41. The molecule has 0 atom stereocenters. The number of benzene rings is 1. The van der Waals surface area contributed by atoms with E-state index in [1.807, 2.05) is 13.0 Å². The molecule has 4 nitrogen and oxygen atoms in total. The van der Waals surface area contributed by atoms with E-state index in [9.17, 15) is 0 Å². The van der Waals surface area contributed by atoms with Crippen LogP contribution < -0.4 is 10.1 Å². The molecule has 0 fully saturated rings. The highest BCUT2D eigenvalue weighted by atomic mass is 35.5. The molecular weight excluding hydrogens is 383 g/mol. The molecule has 0 saturated carbocycles. The van der Waals surface area contributed by atoms with E-state index in [0.717, 1.165) is 36.5 Å². The number of hydrogen-bond acceptors (Lipinski definition) is 4. The first-order valence-corrected chi connectivity index (χ1v) is 9.14. The van der Waals surface area contributed by atoms with Gasteiger partial charge >= 0.3 is 0 Å². The van der Waals surface area contributed by atoms with E-state index in [0.29, 0.717) is 25.9 Å². The van der Waals surface area contributed by atoms with Gasteiger partial charge in [0.1, 0.15) is 5.75 Å². The summed E-state index contributed by atoms with van der Waals surface area (Å²) in [5.74, 6) is 0.925. The van der Waals surface area contributed by atoms with Crippen LogP contribution in [0.15, 0.2) is 30.3 Å². The molecule has 0 unspecified atom stereocenters. The largest absolute Gasteiger partial charge is 0.491 e. The minimum Gasteiger partial charge on any atom is -0.491 e. The fourth-order valence-electron chi connectivity index (χ4n) is 3.19. The zero-order chi connectivity index (χ0) is 17.6. The van der Waals surface area contributed by atoms with E-state index in [-0.39, 0.29) is 24.8 Å². The topological polar surface area (TPSA) is 43.4 Å². The van der Waals surface area contributed by atoms with Gasteiger partial charge in [0.05, 0.1) is 31.2 Å². The second-order valence-electron chi connectivity index (χ2n) is 6.90. The normalized spacial score (nSPS) is 12.3. The Bertz CT molecular complexity index is 709. The van der Waals surface area contributed by atoms with Crippen LogP contribution in [-0.2, 0) is 24.4 Å². The number of nitrogens with one attached hydrogen (secondary N) is 1. The standard InChI is InChI=1S/C21H28N2O2.2ClH/c1-15(2)22-10-7-11-25-21-16(3)23-20(18-13-24-14-19(18)21)12-17-8-5-4-6-9-17;;/h4-6,8-9,15,22H,7,10-14H2,1-3H3;2*1H. The maximum absolute atomic E-state index is 6.08. The number of nitrogens with zero attached hydrogens (tertiary/aromatic N) is 1. The first kappa shape index (κ1) is 23.7. The smallest absolute Gasteiger partial charge is 0.146 e. The quantitative estimate of drug-likeness (QED) is 0.642. The van der Waals surface area contributed by atoms with E-state index in [2.05, 4.69) is 43.4 Å². The molecule has 6 heteroatoms. The van der Waals surface area contributed by atoms with Gasteiger partial charge in [-0.3, -0.25) is 4.98 Å². The Morgan fingerprint density at radius 3 is 2.52 bits per heavy atom. The highest BCUT2D eigenvalue weighted by Gasteiger charge is 2.23. The van der Waals surface area contributed by atoms with Crippen molar-refractivity contribution >= 4 is 24.8 Å². The van der Waals surface area contributed by atoms with E-state index >= 15 is 0 Å². The Morgan fingerprint density at radius 2 is 1.81 bits per heavy atom. The molecular formula is C21H30Cl2N2O2. The number of ether oxygens (including phenoxy) is 2. The molecule has 0 bridgehead atoms. The first-order chi connectivity index (χ1) is 12.1. The monoisotopic (exact) mass is 412 g/mol. The Kier molecular flexibility index (Phi) is 10.1. The van der Waals surface area contributed by atoms with Crippen molar-refractivity contribution < 1.29 is 9.47 Å². The van der Waals surface area contributed by atoms with Crippen LogP contribution in [-0.4, -0.2) is 24.2 Å². The van der Waals surface area contributed by atoms with Gasteiger partial charge in [0, 0.05) is 23.6 Å². The number of aryl methyl sites for hydroxylation is 1. The van der Waals surface area contributed by atoms with Gasteiger partial charge in [-0.1, -0.05) is 44.2 Å². The highest BCUT2D eigenvalue weighted by Crippen LogP contribution is 2.34. The van der Waals surface area contributed by atoms with Crippen LogP contribution in [0.5, 0.6) is 5.75 Å². The molecule has 0 amide bonds. The number of fused-ring (bicyclic) bond motifs is 1. The van der Waals surface area contributed by atoms with Gasteiger partial charge < -0.3 is 14.8 Å². The lowest BCUT2D eigenvalue weighted by Gasteiger charge is -2.16. The molecule has 1 N–H and O–H groups in total. The molecule has 1 aromatic carbocycles. The van der Waals surface area contributed by atoms with Crippen LogP contribution in [0.2, 0.25) is 0 Å². The van der Waals surface area contributed by atoms with Crippen molar-refractivity contribution in [1.82, 2.24) is 10.3 Å². The van der Waals surface area contributed by atoms with Gasteiger partial charge in [-0.15, -0.1) is 24.8 Å². The maximum atomic E-state index is 6.08. The summed E-state index contributed by atoms with van der Waals surface area (Å²) in [6.07, 6.45) is 1.82. The second kappa shape index (κ2) is 11.5. The zero-order valence-corrected chi connectivity index (χ0v) is 17.9. The van der Waals surface area contributed by atoms with Crippen LogP contribution in [0.4, 0.5) is 0 Å². The summed E-state index contributed by atoms with van der Waals surface area (Å²) >= 11 is 0. The van der Waals surface area contributed by atoms with Gasteiger partial charge in [0.15, 0.2) is 0 Å². The number of aromatic nitrogens is 1. The molecule has 0 aliphatic carbocycles. The molecule has 3 rings (SSSR count). The van der Waals surface area contributed by atoms with E-state index < -0.39 is 0 Å². The fraction of sp³-hybridized carbons (Fsp3) is 0.476. The third kappa shape index (κ3) is 6.35. The van der Waals surface area contributed by atoms with Crippen molar-refractivity contribution in [2.24, 2.45) is 0 Å². The van der Waals surface area contributed by atoms with Crippen molar-refractivity contribution in [3.8, 4) is 5.75 Å². The molecule has 27 heavy (non-hydrogen) atoms. The van der Waals surface area contributed by atoms with E-state index in [1.165, 1.54) is 16.7 Å². The number of halogens is 2. The first-order valence-electron chi connectivity index (χ1n) is 9.14. The fourth-order valence-corrected chi connectivity index (χ4v) is 3.19. The third-order valence-electron chi connectivity index (χ3n) is 4.45.